The Hall–Kier alpha value is -0.540. The van der Waals surface area contributed by atoms with Gasteiger partial charge >= 0.3 is 0 Å². The molecule has 1 aromatic carbocycles. The van der Waals surface area contributed by atoms with Gasteiger partial charge in [-0.3, -0.25) is 4.90 Å². The summed E-state index contributed by atoms with van der Waals surface area (Å²) in [5.41, 5.74) is 2.61. The molecule has 100 valence electrons. The van der Waals surface area contributed by atoms with E-state index in [1.54, 1.807) is 7.11 Å². The summed E-state index contributed by atoms with van der Waals surface area (Å²) < 4.78 is 5.47. The Bertz CT molecular complexity index is 390. The molecule has 0 aromatic heterocycles. The van der Waals surface area contributed by atoms with Gasteiger partial charge in [-0.05, 0) is 25.8 Å². The quantitative estimate of drug-likeness (QED) is 0.742. The van der Waals surface area contributed by atoms with Gasteiger partial charge in [-0.1, -0.05) is 40.0 Å². The van der Waals surface area contributed by atoms with E-state index in [9.17, 15) is 0 Å². The highest BCUT2D eigenvalue weighted by atomic mass is 79.9. The van der Waals surface area contributed by atoms with Crippen LogP contribution in [0.15, 0.2) is 18.2 Å². The molecule has 0 spiro atoms. The summed E-state index contributed by atoms with van der Waals surface area (Å²) in [6.45, 7) is 4.25. The molecule has 0 unspecified atom stereocenters. The Morgan fingerprint density at radius 3 is 2.72 bits per heavy atom. The summed E-state index contributed by atoms with van der Waals surface area (Å²) in [6.07, 6.45) is 4.08. The average molecular weight is 312 g/mol. The van der Waals surface area contributed by atoms with Crippen molar-refractivity contribution in [1.82, 2.24) is 4.90 Å². The van der Waals surface area contributed by atoms with E-state index in [2.05, 4.69) is 46.0 Å². The zero-order chi connectivity index (χ0) is 13.0. The Morgan fingerprint density at radius 1 is 1.39 bits per heavy atom. The molecule has 2 nitrogen and oxygen atoms in total. The van der Waals surface area contributed by atoms with Crippen molar-refractivity contribution in [2.45, 2.75) is 38.8 Å². The first kappa shape index (κ1) is 13.9. The molecule has 1 aliphatic carbocycles. The average Bonchev–Trinajstić information content (AvgIpc) is 2.27. The van der Waals surface area contributed by atoms with Gasteiger partial charge in [0.1, 0.15) is 5.75 Å². The van der Waals surface area contributed by atoms with Gasteiger partial charge in [-0.15, -0.1) is 0 Å². The predicted molar refractivity (Wildman–Crippen MR) is 79.6 cm³/mol. The van der Waals surface area contributed by atoms with Gasteiger partial charge in [-0.2, -0.15) is 0 Å². The predicted octanol–water partition coefficient (Wildman–Crippen LogP) is 3.75. The van der Waals surface area contributed by atoms with E-state index < -0.39 is 0 Å². The van der Waals surface area contributed by atoms with Crippen molar-refractivity contribution in [3.05, 3.63) is 29.3 Å². The van der Waals surface area contributed by atoms with Crippen LogP contribution >= 0.6 is 15.9 Å². The van der Waals surface area contributed by atoms with Crippen LogP contribution in [0.25, 0.3) is 0 Å². The summed E-state index contributed by atoms with van der Waals surface area (Å²) in [5, 5.41) is 1.04. The van der Waals surface area contributed by atoms with Crippen LogP contribution < -0.4 is 4.74 Å². The summed E-state index contributed by atoms with van der Waals surface area (Å²) in [4.78, 5) is 2.58. The van der Waals surface area contributed by atoms with Crippen LogP contribution in [0.3, 0.4) is 0 Å². The summed E-state index contributed by atoms with van der Waals surface area (Å²) in [6, 6.07) is 7.21. The lowest BCUT2D eigenvalue weighted by molar-refractivity contribution is 0.127. The van der Waals surface area contributed by atoms with Gasteiger partial charge < -0.3 is 4.74 Å². The van der Waals surface area contributed by atoms with Gasteiger partial charge in [0.15, 0.2) is 0 Å². The number of methoxy groups -OCH3 is 1. The number of nitrogens with zero attached hydrogens (tertiary/aromatic N) is 1. The van der Waals surface area contributed by atoms with Gasteiger partial charge in [0.2, 0.25) is 0 Å². The molecule has 1 saturated carbocycles. The van der Waals surface area contributed by atoms with E-state index in [1.807, 2.05) is 0 Å². The minimum Gasteiger partial charge on any atom is -0.496 e. The lowest BCUT2D eigenvalue weighted by Gasteiger charge is -2.37. The summed E-state index contributed by atoms with van der Waals surface area (Å²) >= 11 is 3.56. The molecule has 0 bridgehead atoms. The molecule has 0 radical (unpaired) electrons. The zero-order valence-corrected chi connectivity index (χ0v) is 12.9. The van der Waals surface area contributed by atoms with Crippen molar-refractivity contribution >= 4 is 15.9 Å². The molecule has 0 N–H and O–H groups in total. The first-order valence-electron chi connectivity index (χ1n) is 6.68. The highest BCUT2D eigenvalue weighted by Gasteiger charge is 2.25. The van der Waals surface area contributed by atoms with Crippen molar-refractivity contribution in [2.75, 3.05) is 19.0 Å². The fourth-order valence-electron chi connectivity index (χ4n) is 2.50. The number of aryl methyl sites for hydroxylation is 1. The maximum absolute atomic E-state index is 5.47. The maximum atomic E-state index is 5.47. The lowest BCUT2D eigenvalue weighted by Crippen LogP contribution is -2.40. The van der Waals surface area contributed by atoms with E-state index in [0.29, 0.717) is 0 Å². The monoisotopic (exact) mass is 311 g/mol. The number of ether oxygens (including phenoxy) is 1. The van der Waals surface area contributed by atoms with Crippen molar-refractivity contribution in [3.63, 3.8) is 0 Å². The molecular weight excluding hydrogens is 290 g/mol. The molecule has 0 amide bonds. The topological polar surface area (TPSA) is 12.5 Å². The molecule has 0 saturated heterocycles. The van der Waals surface area contributed by atoms with E-state index in [4.69, 9.17) is 4.74 Å². The molecule has 1 aromatic rings. The van der Waals surface area contributed by atoms with E-state index in [0.717, 1.165) is 30.2 Å². The Kier molecular flexibility index (Phi) is 5.07. The second-order valence-electron chi connectivity index (χ2n) is 5.06. The normalized spacial score (nSPS) is 15.8. The van der Waals surface area contributed by atoms with Crippen LogP contribution in [-0.4, -0.2) is 29.9 Å². The standard InChI is InChI=1S/C15H22BrNO/c1-12-6-7-15(18-2)13(10-12)11-17(9-8-16)14-4-3-5-14/h6-7,10,14H,3-5,8-9,11H2,1-2H3. The van der Waals surface area contributed by atoms with Gasteiger partial charge in [0, 0.05) is 30.0 Å². The number of alkyl halides is 1. The molecular formula is C15H22BrNO. The van der Waals surface area contributed by atoms with Crippen molar-refractivity contribution < 1.29 is 4.74 Å². The molecule has 2 rings (SSSR count). The Balaban J connectivity index is 2.11. The van der Waals surface area contributed by atoms with E-state index >= 15 is 0 Å². The van der Waals surface area contributed by atoms with Crippen molar-refractivity contribution in [3.8, 4) is 5.75 Å². The lowest BCUT2D eigenvalue weighted by atomic mass is 9.91. The number of hydrogen-bond donors (Lipinski definition) is 0. The van der Waals surface area contributed by atoms with Crippen LogP contribution in [0.2, 0.25) is 0 Å². The Labute approximate surface area is 118 Å². The first-order chi connectivity index (χ1) is 8.74. The highest BCUT2D eigenvalue weighted by molar-refractivity contribution is 9.09. The molecule has 18 heavy (non-hydrogen) atoms. The number of hydrogen-bond acceptors (Lipinski definition) is 2. The number of rotatable bonds is 6. The zero-order valence-electron chi connectivity index (χ0n) is 11.3. The second kappa shape index (κ2) is 6.58. The largest absolute Gasteiger partial charge is 0.496 e. The third-order valence-corrected chi connectivity index (χ3v) is 4.13. The molecule has 0 heterocycles. The van der Waals surface area contributed by atoms with Crippen LogP contribution in [0.5, 0.6) is 5.75 Å². The van der Waals surface area contributed by atoms with Crippen LogP contribution in [-0.2, 0) is 6.54 Å². The molecule has 1 fully saturated rings. The van der Waals surface area contributed by atoms with Gasteiger partial charge in [0.05, 0.1) is 7.11 Å². The fourth-order valence-corrected chi connectivity index (χ4v) is 2.96. The Morgan fingerprint density at radius 2 is 2.17 bits per heavy atom. The van der Waals surface area contributed by atoms with Crippen molar-refractivity contribution in [2.24, 2.45) is 0 Å². The van der Waals surface area contributed by atoms with E-state index in [1.165, 1.54) is 30.4 Å². The van der Waals surface area contributed by atoms with Gasteiger partial charge in [-0.25, -0.2) is 0 Å². The molecule has 0 aliphatic heterocycles. The maximum Gasteiger partial charge on any atom is 0.123 e. The molecule has 1 aliphatic rings. The number of halogens is 1. The number of benzene rings is 1. The molecule has 3 heteroatoms. The SMILES string of the molecule is COc1ccc(C)cc1CN(CCBr)C1CCC1. The fraction of sp³-hybridized carbons (Fsp3) is 0.600. The summed E-state index contributed by atoms with van der Waals surface area (Å²) in [7, 11) is 1.76. The highest BCUT2D eigenvalue weighted by Crippen LogP contribution is 2.28. The third kappa shape index (κ3) is 3.27. The van der Waals surface area contributed by atoms with Crippen LogP contribution in [0.1, 0.15) is 30.4 Å². The first-order valence-corrected chi connectivity index (χ1v) is 7.80. The van der Waals surface area contributed by atoms with Crippen LogP contribution in [0, 0.1) is 6.92 Å². The molecule has 0 atom stereocenters. The minimum atomic E-state index is 0.771. The van der Waals surface area contributed by atoms with E-state index in [-0.39, 0.29) is 0 Å². The van der Waals surface area contributed by atoms with Gasteiger partial charge in [0.25, 0.3) is 0 Å². The third-order valence-electron chi connectivity index (χ3n) is 3.77. The second-order valence-corrected chi connectivity index (χ2v) is 5.85. The smallest absolute Gasteiger partial charge is 0.123 e. The van der Waals surface area contributed by atoms with Crippen molar-refractivity contribution in [1.29, 1.82) is 0 Å². The minimum absolute atomic E-state index is 0.771. The summed E-state index contributed by atoms with van der Waals surface area (Å²) in [5.74, 6) is 1.01. The van der Waals surface area contributed by atoms with Crippen LogP contribution in [0.4, 0.5) is 0 Å².